The third-order valence-electron chi connectivity index (χ3n) is 13.9. The highest BCUT2D eigenvalue weighted by Gasteiger charge is 2.19. The molecule has 0 N–H and O–H groups in total. The lowest BCUT2D eigenvalue weighted by Crippen LogP contribution is -2.30. The van der Waals surface area contributed by atoms with E-state index in [-0.39, 0.29) is 31.1 Å². The second-order valence-electron chi connectivity index (χ2n) is 20.4. The molecule has 0 radical (unpaired) electrons. The molecule has 0 aliphatic carbocycles. The van der Waals surface area contributed by atoms with Crippen molar-refractivity contribution in [3.63, 3.8) is 0 Å². The van der Waals surface area contributed by atoms with Crippen molar-refractivity contribution in [3.05, 3.63) is 0 Å². The van der Waals surface area contributed by atoms with Crippen molar-refractivity contribution in [1.29, 1.82) is 0 Å². The maximum Gasteiger partial charge on any atom is 0.306 e. The molecule has 3 atom stereocenters. The van der Waals surface area contributed by atoms with E-state index in [0.29, 0.717) is 19.3 Å². The summed E-state index contributed by atoms with van der Waals surface area (Å²) in [6, 6.07) is 0. The number of carbonyl (C=O) groups is 3. The summed E-state index contributed by atoms with van der Waals surface area (Å²) in [5.74, 6) is 0.936. The Morgan fingerprint density at radius 3 is 0.812 bits per heavy atom. The van der Waals surface area contributed by atoms with E-state index < -0.39 is 6.10 Å². The quantitative estimate of drug-likeness (QED) is 0.0344. The molecule has 6 nitrogen and oxygen atoms in total. The van der Waals surface area contributed by atoms with Crippen LogP contribution >= 0.6 is 0 Å². The van der Waals surface area contributed by atoms with E-state index >= 15 is 0 Å². The summed E-state index contributed by atoms with van der Waals surface area (Å²) in [4.78, 5) is 38.0. The maximum absolute atomic E-state index is 12.8. The van der Waals surface area contributed by atoms with Gasteiger partial charge in [0.05, 0.1) is 0 Å². The SMILES string of the molecule is CCCCCCCCCCCCC(=O)OC[C@H](COC(=O)CCCCCCCCCCCCC(C)CC)OC(=O)CCCCCCCCCCCCCCCCCCCCC(C)CC. The smallest absolute Gasteiger partial charge is 0.306 e. The van der Waals surface area contributed by atoms with Crippen molar-refractivity contribution in [2.75, 3.05) is 13.2 Å². The molecule has 380 valence electrons. The van der Waals surface area contributed by atoms with Crippen LogP contribution in [-0.4, -0.2) is 37.2 Å². The van der Waals surface area contributed by atoms with Crippen LogP contribution in [0.1, 0.15) is 324 Å². The van der Waals surface area contributed by atoms with Gasteiger partial charge < -0.3 is 14.2 Å². The van der Waals surface area contributed by atoms with E-state index in [4.69, 9.17) is 14.2 Å². The highest BCUT2D eigenvalue weighted by atomic mass is 16.6. The van der Waals surface area contributed by atoms with Crippen LogP contribution in [-0.2, 0) is 28.6 Å². The Morgan fingerprint density at radius 1 is 0.312 bits per heavy atom. The van der Waals surface area contributed by atoms with Gasteiger partial charge >= 0.3 is 17.9 Å². The van der Waals surface area contributed by atoms with Gasteiger partial charge in [0.15, 0.2) is 6.10 Å². The second kappa shape index (κ2) is 50.8. The van der Waals surface area contributed by atoms with Gasteiger partial charge in [0.25, 0.3) is 0 Å². The molecular formula is C58H112O6. The van der Waals surface area contributed by atoms with E-state index in [9.17, 15) is 14.4 Å². The van der Waals surface area contributed by atoms with Crippen molar-refractivity contribution in [3.8, 4) is 0 Å². The molecule has 0 bridgehead atoms. The zero-order chi connectivity index (χ0) is 46.8. The fourth-order valence-electron chi connectivity index (χ4n) is 8.81. The summed E-state index contributed by atoms with van der Waals surface area (Å²) in [5, 5.41) is 0. The van der Waals surface area contributed by atoms with Gasteiger partial charge in [0, 0.05) is 19.3 Å². The average Bonchev–Trinajstić information content (AvgIpc) is 3.29. The zero-order valence-electron chi connectivity index (χ0n) is 43.9. The number of rotatable bonds is 52. The Balaban J connectivity index is 4.21. The van der Waals surface area contributed by atoms with Crippen molar-refractivity contribution in [2.24, 2.45) is 11.8 Å². The van der Waals surface area contributed by atoms with Gasteiger partial charge in [0.1, 0.15) is 13.2 Å². The van der Waals surface area contributed by atoms with Gasteiger partial charge in [-0.1, -0.05) is 285 Å². The van der Waals surface area contributed by atoms with Crippen LogP contribution < -0.4 is 0 Å². The molecule has 64 heavy (non-hydrogen) atoms. The minimum atomic E-state index is -0.762. The normalized spacial score (nSPS) is 12.9. The first-order chi connectivity index (χ1) is 31.3. The molecule has 6 heteroatoms. The Kier molecular flexibility index (Phi) is 49.6. The molecule has 0 rings (SSSR count). The van der Waals surface area contributed by atoms with Crippen molar-refractivity contribution >= 4 is 17.9 Å². The summed E-state index contributed by atoms with van der Waals surface area (Å²) in [7, 11) is 0. The third kappa shape index (κ3) is 48.3. The molecule has 0 spiro atoms. The van der Waals surface area contributed by atoms with Crippen LogP contribution in [0.5, 0.6) is 0 Å². The molecule has 0 aliphatic heterocycles. The van der Waals surface area contributed by atoms with E-state index in [1.807, 2.05) is 0 Å². The molecular weight excluding hydrogens is 793 g/mol. The highest BCUT2D eigenvalue weighted by Crippen LogP contribution is 2.19. The predicted molar refractivity (Wildman–Crippen MR) is 275 cm³/mol. The number of unbranched alkanes of at least 4 members (excludes halogenated alkanes) is 35. The van der Waals surface area contributed by atoms with Crippen LogP contribution in [0.4, 0.5) is 0 Å². The van der Waals surface area contributed by atoms with E-state index in [2.05, 4.69) is 34.6 Å². The Morgan fingerprint density at radius 2 is 0.547 bits per heavy atom. The lowest BCUT2D eigenvalue weighted by Gasteiger charge is -2.18. The standard InChI is InChI=1S/C58H112O6/c1-6-9-10-11-12-13-28-33-38-43-48-56(59)62-51-55(52-63-57(60)49-44-39-34-29-25-24-27-32-37-42-47-54(5)8-3)64-58(61)50-45-40-35-30-23-21-19-17-15-14-16-18-20-22-26-31-36-41-46-53(4)7-2/h53-55H,6-52H2,1-5H3/t53?,54?,55-/m1/s1. The average molecular weight is 906 g/mol. The summed E-state index contributed by atoms with van der Waals surface area (Å²) in [6.07, 6.45) is 53.7. The number of hydrogen-bond acceptors (Lipinski definition) is 6. The molecule has 0 saturated carbocycles. The largest absolute Gasteiger partial charge is 0.462 e. The van der Waals surface area contributed by atoms with Gasteiger partial charge in [-0.2, -0.15) is 0 Å². The first-order valence-electron chi connectivity index (χ1n) is 28.8. The highest BCUT2D eigenvalue weighted by molar-refractivity contribution is 5.71. The number of hydrogen-bond donors (Lipinski definition) is 0. The summed E-state index contributed by atoms with van der Waals surface area (Å²) >= 11 is 0. The van der Waals surface area contributed by atoms with Gasteiger partial charge in [-0.05, 0) is 31.1 Å². The van der Waals surface area contributed by atoms with Gasteiger partial charge in [0.2, 0.25) is 0 Å². The monoisotopic (exact) mass is 905 g/mol. The van der Waals surface area contributed by atoms with E-state index in [1.165, 1.54) is 212 Å². The first-order valence-corrected chi connectivity index (χ1v) is 28.8. The minimum absolute atomic E-state index is 0.0632. The molecule has 0 aromatic rings. The topological polar surface area (TPSA) is 78.9 Å². The summed E-state index contributed by atoms with van der Waals surface area (Å²) in [6.45, 7) is 11.5. The summed E-state index contributed by atoms with van der Waals surface area (Å²) in [5.41, 5.74) is 0. The molecule has 0 aliphatic rings. The van der Waals surface area contributed by atoms with Crippen molar-refractivity contribution in [1.82, 2.24) is 0 Å². The lowest BCUT2D eigenvalue weighted by atomic mass is 9.99. The lowest BCUT2D eigenvalue weighted by molar-refractivity contribution is -0.167. The van der Waals surface area contributed by atoms with Crippen LogP contribution in [0.15, 0.2) is 0 Å². The molecule has 0 saturated heterocycles. The van der Waals surface area contributed by atoms with Crippen LogP contribution in [0.25, 0.3) is 0 Å². The minimum Gasteiger partial charge on any atom is -0.462 e. The second-order valence-corrected chi connectivity index (χ2v) is 20.4. The van der Waals surface area contributed by atoms with Crippen molar-refractivity contribution in [2.45, 2.75) is 330 Å². The molecule has 0 amide bonds. The molecule has 0 heterocycles. The predicted octanol–water partition coefficient (Wildman–Crippen LogP) is 18.9. The fraction of sp³-hybridized carbons (Fsp3) is 0.948. The number of esters is 3. The van der Waals surface area contributed by atoms with Crippen LogP contribution in [0.2, 0.25) is 0 Å². The van der Waals surface area contributed by atoms with E-state index in [0.717, 1.165) is 69.6 Å². The van der Waals surface area contributed by atoms with Crippen molar-refractivity contribution < 1.29 is 28.6 Å². The molecule has 0 aromatic heterocycles. The fourth-order valence-corrected chi connectivity index (χ4v) is 8.81. The summed E-state index contributed by atoms with van der Waals surface area (Å²) < 4.78 is 16.9. The molecule has 0 aromatic carbocycles. The zero-order valence-corrected chi connectivity index (χ0v) is 43.9. The molecule has 2 unspecified atom stereocenters. The van der Waals surface area contributed by atoms with Crippen LogP contribution in [0.3, 0.4) is 0 Å². The first kappa shape index (κ1) is 62.4. The van der Waals surface area contributed by atoms with E-state index in [1.54, 1.807) is 0 Å². The number of ether oxygens (including phenoxy) is 3. The van der Waals surface area contributed by atoms with Gasteiger partial charge in [-0.15, -0.1) is 0 Å². The maximum atomic E-state index is 12.8. The Bertz CT molecular complexity index is 982. The van der Waals surface area contributed by atoms with Gasteiger partial charge in [-0.25, -0.2) is 0 Å². The Hall–Kier alpha value is -1.59. The molecule has 0 fully saturated rings. The van der Waals surface area contributed by atoms with Crippen LogP contribution in [0, 0.1) is 11.8 Å². The number of carbonyl (C=O) groups excluding carboxylic acids is 3. The van der Waals surface area contributed by atoms with Gasteiger partial charge in [-0.3, -0.25) is 14.4 Å². The Labute approximate surface area is 399 Å². The third-order valence-corrected chi connectivity index (χ3v) is 13.9.